The quantitative estimate of drug-likeness (QED) is 0.453. The normalized spacial score (nSPS) is 33.7. The summed E-state index contributed by atoms with van der Waals surface area (Å²) in [4.78, 5) is 0. The third-order valence-electron chi connectivity index (χ3n) is 3.31. The maximum atomic E-state index is 8.74. The molecule has 0 aromatic carbocycles. The first-order chi connectivity index (χ1) is 5.95. The van der Waals surface area contributed by atoms with Gasteiger partial charge in [0.05, 0.1) is 5.71 Å². The lowest BCUT2D eigenvalue weighted by molar-refractivity contribution is 0.186. The predicted molar refractivity (Wildman–Crippen MR) is 55.2 cm³/mol. The molecule has 0 aromatic heterocycles. The topological polar surface area (TPSA) is 32.6 Å². The lowest BCUT2D eigenvalue weighted by Crippen LogP contribution is -2.30. The van der Waals surface area contributed by atoms with Gasteiger partial charge in [0.2, 0.25) is 0 Å². The van der Waals surface area contributed by atoms with Crippen molar-refractivity contribution in [2.75, 3.05) is 0 Å². The fraction of sp³-hybridized carbons (Fsp3) is 0.909. The van der Waals surface area contributed by atoms with Crippen molar-refractivity contribution < 1.29 is 5.21 Å². The molecule has 1 rings (SSSR count). The molecule has 0 radical (unpaired) electrons. The van der Waals surface area contributed by atoms with E-state index in [1.165, 1.54) is 12.8 Å². The number of nitrogens with zero attached hydrogens (tertiary/aromatic N) is 1. The van der Waals surface area contributed by atoms with Gasteiger partial charge in [-0.05, 0) is 36.5 Å². The zero-order valence-corrected chi connectivity index (χ0v) is 9.17. The second-order valence-electron chi connectivity index (χ2n) is 5.33. The first-order valence-electron chi connectivity index (χ1n) is 5.16. The summed E-state index contributed by atoms with van der Waals surface area (Å²) in [7, 11) is 0. The molecule has 1 fully saturated rings. The molecule has 0 aliphatic heterocycles. The van der Waals surface area contributed by atoms with Gasteiger partial charge in [0.1, 0.15) is 0 Å². The van der Waals surface area contributed by atoms with E-state index in [2.05, 4.69) is 32.9 Å². The highest BCUT2D eigenvalue weighted by atomic mass is 16.4. The van der Waals surface area contributed by atoms with Crippen LogP contribution < -0.4 is 0 Å². The van der Waals surface area contributed by atoms with Gasteiger partial charge in [-0.25, -0.2) is 0 Å². The average Bonchev–Trinajstić information content (AvgIpc) is 2.02. The van der Waals surface area contributed by atoms with Gasteiger partial charge < -0.3 is 5.21 Å². The number of rotatable bonds is 0. The van der Waals surface area contributed by atoms with Gasteiger partial charge >= 0.3 is 0 Å². The number of oxime groups is 1. The zero-order chi connectivity index (χ0) is 10.1. The highest BCUT2D eigenvalue weighted by Crippen LogP contribution is 2.38. The average molecular weight is 183 g/mol. The third kappa shape index (κ3) is 2.45. The minimum absolute atomic E-state index is 0.398. The summed E-state index contributed by atoms with van der Waals surface area (Å²) < 4.78 is 0. The lowest BCUT2D eigenvalue weighted by atomic mass is 9.69. The van der Waals surface area contributed by atoms with E-state index in [-0.39, 0.29) is 0 Å². The molecule has 2 nitrogen and oxygen atoms in total. The molecule has 13 heavy (non-hydrogen) atoms. The predicted octanol–water partition coefficient (Wildman–Crippen LogP) is 3.30. The van der Waals surface area contributed by atoms with Crippen molar-refractivity contribution in [1.82, 2.24) is 0 Å². The van der Waals surface area contributed by atoms with Gasteiger partial charge in [-0.3, -0.25) is 0 Å². The Hall–Kier alpha value is -0.530. The molecule has 2 atom stereocenters. The second-order valence-corrected chi connectivity index (χ2v) is 5.33. The van der Waals surface area contributed by atoms with Crippen molar-refractivity contribution >= 4 is 5.71 Å². The summed E-state index contributed by atoms with van der Waals surface area (Å²) in [6.45, 7) is 9.05. The molecule has 1 aliphatic carbocycles. The Bertz CT molecular complexity index is 203. The molecule has 0 bridgehead atoms. The Balaban J connectivity index is 2.61. The Morgan fingerprint density at radius 1 is 1.38 bits per heavy atom. The molecule has 0 spiro atoms. The highest BCUT2D eigenvalue weighted by Gasteiger charge is 2.31. The summed E-state index contributed by atoms with van der Waals surface area (Å²) >= 11 is 0. The van der Waals surface area contributed by atoms with E-state index in [1.807, 2.05) is 0 Å². The van der Waals surface area contributed by atoms with Crippen molar-refractivity contribution in [3.05, 3.63) is 0 Å². The van der Waals surface area contributed by atoms with E-state index < -0.39 is 0 Å². The summed E-state index contributed by atoms with van der Waals surface area (Å²) in [5.41, 5.74) is 1.38. The molecule has 1 N–H and O–H groups in total. The Morgan fingerprint density at radius 3 is 2.38 bits per heavy atom. The number of hydrogen-bond donors (Lipinski definition) is 1. The zero-order valence-electron chi connectivity index (χ0n) is 9.17. The molecule has 1 aliphatic rings. The van der Waals surface area contributed by atoms with Crippen LogP contribution >= 0.6 is 0 Å². The molecule has 0 saturated heterocycles. The van der Waals surface area contributed by atoms with Crippen LogP contribution in [0.5, 0.6) is 0 Å². The molecule has 76 valence electrons. The monoisotopic (exact) mass is 183 g/mol. The van der Waals surface area contributed by atoms with Gasteiger partial charge in [-0.15, -0.1) is 0 Å². The van der Waals surface area contributed by atoms with Gasteiger partial charge in [-0.1, -0.05) is 32.9 Å². The molecule has 1 saturated carbocycles. The van der Waals surface area contributed by atoms with Crippen molar-refractivity contribution in [3.8, 4) is 0 Å². The van der Waals surface area contributed by atoms with Crippen molar-refractivity contribution in [2.24, 2.45) is 22.4 Å². The van der Waals surface area contributed by atoms with E-state index in [1.54, 1.807) is 0 Å². The van der Waals surface area contributed by atoms with Gasteiger partial charge in [0.15, 0.2) is 0 Å². The fourth-order valence-electron chi connectivity index (χ4n) is 2.18. The van der Waals surface area contributed by atoms with Gasteiger partial charge in [-0.2, -0.15) is 0 Å². The Labute approximate surface area is 81.0 Å². The van der Waals surface area contributed by atoms with E-state index in [0.29, 0.717) is 11.3 Å². The largest absolute Gasteiger partial charge is 0.411 e. The maximum absolute atomic E-state index is 8.74. The fourth-order valence-corrected chi connectivity index (χ4v) is 2.18. The molecule has 0 heterocycles. The first-order valence-corrected chi connectivity index (χ1v) is 5.16. The van der Waals surface area contributed by atoms with E-state index in [4.69, 9.17) is 5.21 Å². The molecule has 0 amide bonds. The van der Waals surface area contributed by atoms with Crippen LogP contribution in [0.25, 0.3) is 0 Å². The second kappa shape index (κ2) is 3.69. The number of hydrogen-bond acceptors (Lipinski definition) is 2. The molecular weight excluding hydrogens is 162 g/mol. The standard InChI is InChI=1S/C11H21NO/c1-8-7-9(11(2,3)4)5-6-10(8)12-13/h8-9,13H,5-7H2,1-4H3/b12-10+/t8-,9+/m0/s1. The molecule has 0 aromatic rings. The third-order valence-corrected chi connectivity index (χ3v) is 3.31. The van der Waals surface area contributed by atoms with Crippen LogP contribution in [-0.2, 0) is 0 Å². The molecule has 0 unspecified atom stereocenters. The Kier molecular flexibility index (Phi) is 2.99. The summed E-state index contributed by atoms with van der Waals surface area (Å²) in [5.74, 6) is 1.23. The van der Waals surface area contributed by atoms with Crippen LogP contribution in [0, 0.1) is 17.3 Å². The van der Waals surface area contributed by atoms with Crippen LogP contribution in [0.2, 0.25) is 0 Å². The minimum Gasteiger partial charge on any atom is -0.411 e. The van der Waals surface area contributed by atoms with Gasteiger partial charge in [0, 0.05) is 0 Å². The first kappa shape index (κ1) is 10.6. The van der Waals surface area contributed by atoms with Crippen molar-refractivity contribution in [2.45, 2.75) is 47.0 Å². The van der Waals surface area contributed by atoms with Gasteiger partial charge in [0.25, 0.3) is 0 Å². The molecule has 2 heteroatoms. The minimum atomic E-state index is 0.398. The van der Waals surface area contributed by atoms with Crippen molar-refractivity contribution in [1.29, 1.82) is 0 Å². The van der Waals surface area contributed by atoms with Crippen molar-refractivity contribution in [3.63, 3.8) is 0 Å². The highest BCUT2D eigenvalue weighted by molar-refractivity contribution is 5.86. The van der Waals surface area contributed by atoms with Crippen LogP contribution in [0.4, 0.5) is 0 Å². The Morgan fingerprint density at radius 2 is 2.00 bits per heavy atom. The van der Waals surface area contributed by atoms with E-state index in [9.17, 15) is 0 Å². The lowest BCUT2D eigenvalue weighted by Gasteiger charge is -2.36. The molecular formula is C11H21NO. The van der Waals surface area contributed by atoms with Crippen LogP contribution in [0.15, 0.2) is 5.16 Å². The summed E-state index contributed by atoms with van der Waals surface area (Å²) in [6, 6.07) is 0. The summed E-state index contributed by atoms with van der Waals surface area (Å²) in [6.07, 6.45) is 3.32. The van der Waals surface area contributed by atoms with Crippen LogP contribution in [0.3, 0.4) is 0 Å². The van der Waals surface area contributed by atoms with E-state index in [0.717, 1.165) is 18.1 Å². The smallest absolute Gasteiger partial charge is 0.0599 e. The van der Waals surface area contributed by atoms with Crippen LogP contribution in [-0.4, -0.2) is 10.9 Å². The van der Waals surface area contributed by atoms with E-state index >= 15 is 0 Å². The SMILES string of the molecule is C[C@H]1C[C@H](C(C)(C)C)CC/C1=N\O. The van der Waals surface area contributed by atoms with Crippen LogP contribution in [0.1, 0.15) is 47.0 Å². The maximum Gasteiger partial charge on any atom is 0.0599 e. The summed E-state index contributed by atoms with van der Waals surface area (Å²) in [5, 5.41) is 12.1.